The van der Waals surface area contributed by atoms with E-state index in [4.69, 9.17) is 34.8 Å². The summed E-state index contributed by atoms with van der Waals surface area (Å²) >= 11 is 18.0. The molecule has 2 rings (SSSR count). The highest BCUT2D eigenvalue weighted by Gasteiger charge is 2.18. The van der Waals surface area contributed by atoms with Crippen molar-refractivity contribution in [1.29, 1.82) is 0 Å². The highest BCUT2D eigenvalue weighted by Crippen LogP contribution is 2.29. The van der Waals surface area contributed by atoms with Crippen LogP contribution in [-0.4, -0.2) is 9.97 Å². The Morgan fingerprint density at radius 1 is 0.895 bits per heavy atom. The third kappa shape index (κ3) is 3.38. The highest BCUT2D eigenvalue weighted by atomic mass is 35.5. The minimum absolute atomic E-state index is 0.0997. The second-order valence-electron chi connectivity index (χ2n) is 5.28. The van der Waals surface area contributed by atoms with Gasteiger partial charge in [-0.15, -0.1) is 0 Å². The van der Waals surface area contributed by atoms with Crippen LogP contribution in [0.5, 0.6) is 0 Å². The number of nitrogens with zero attached hydrogens (tertiary/aromatic N) is 2. The fraction of sp³-hybridized carbons (Fsp3) is 0.286. The van der Waals surface area contributed by atoms with Gasteiger partial charge in [0.25, 0.3) is 0 Å². The highest BCUT2D eigenvalue weighted by molar-refractivity contribution is 6.42. The van der Waals surface area contributed by atoms with Crippen LogP contribution in [-0.2, 0) is 5.41 Å². The number of halogens is 3. The van der Waals surface area contributed by atoms with Crippen molar-refractivity contribution in [3.8, 4) is 11.4 Å². The number of benzene rings is 1. The number of rotatable bonds is 1. The molecule has 1 heterocycles. The Kier molecular flexibility index (Phi) is 4.05. The molecule has 2 nitrogen and oxygen atoms in total. The molecule has 1 aromatic carbocycles. The number of aromatic nitrogens is 2. The van der Waals surface area contributed by atoms with Crippen molar-refractivity contribution in [2.75, 3.05) is 0 Å². The van der Waals surface area contributed by atoms with Gasteiger partial charge >= 0.3 is 0 Å². The molecule has 19 heavy (non-hydrogen) atoms. The molecule has 5 heteroatoms. The van der Waals surface area contributed by atoms with Crippen LogP contribution in [0.2, 0.25) is 15.2 Å². The van der Waals surface area contributed by atoms with Crippen LogP contribution in [0.3, 0.4) is 0 Å². The van der Waals surface area contributed by atoms with Gasteiger partial charge in [-0.3, -0.25) is 0 Å². The molecule has 0 aliphatic rings. The molecule has 0 saturated carbocycles. The van der Waals surface area contributed by atoms with E-state index in [0.29, 0.717) is 21.0 Å². The van der Waals surface area contributed by atoms with Gasteiger partial charge in [0.05, 0.1) is 15.7 Å². The zero-order valence-electron chi connectivity index (χ0n) is 10.8. The van der Waals surface area contributed by atoms with Crippen molar-refractivity contribution >= 4 is 34.8 Å². The number of hydrogen-bond donors (Lipinski definition) is 0. The Labute approximate surface area is 127 Å². The van der Waals surface area contributed by atoms with Crippen LogP contribution in [0.25, 0.3) is 11.4 Å². The van der Waals surface area contributed by atoms with Crippen LogP contribution in [0.1, 0.15) is 26.5 Å². The molecule has 0 bridgehead atoms. The lowest BCUT2D eigenvalue weighted by Gasteiger charge is -2.18. The predicted molar refractivity (Wildman–Crippen MR) is 81.2 cm³/mol. The molecule has 0 aliphatic heterocycles. The Morgan fingerprint density at radius 2 is 1.58 bits per heavy atom. The molecule has 0 spiro atoms. The molecule has 0 aliphatic carbocycles. The predicted octanol–water partition coefficient (Wildman–Crippen LogP) is 5.40. The standard InChI is InChI=1S/C14H13Cl3N2/c1-14(2,3)11-7-12(17)19-13(18-11)8-4-5-9(15)10(16)6-8/h4-7H,1-3H3. The lowest BCUT2D eigenvalue weighted by molar-refractivity contribution is 0.568. The summed E-state index contributed by atoms with van der Waals surface area (Å²) in [5.41, 5.74) is 1.58. The lowest BCUT2D eigenvalue weighted by Crippen LogP contribution is -2.14. The molecule has 0 radical (unpaired) electrons. The number of hydrogen-bond acceptors (Lipinski definition) is 2. The summed E-state index contributed by atoms with van der Waals surface area (Å²) in [5, 5.41) is 1.39. The van der Waals surface area contributed by atoms with Gasteiger partial charge in [0, 0.05) is 11.0 Å². The van der Waals surface area contributed by atoms with Crippen LogP contribution >= 0.6 is 34.8 Å². The minimum atomic E-state index is -0.0997. The van der Waals surface area contributed by atoms with E-state index in [0.717, 1.165) is 11.3 Å². The summed E-state index contributed by atoms with van der Waals surface area (Å²) in [6.07, 6.45) is 0. The summed E-state index contributed by atoms with van der Waals surface area (Å²) in [6.45, 7) is 6.22. The molecular weight excluding hydrogens is 303 g/mol. The quantitative estimate of drug-likeness (QED) is 0.658. The molecule has 0 atom stereocenters. The monoisotopic (exact) mass is 314 g/mol. The van der Waals surface area contributed by atoms with Gasteiger partial charge in [-0.1, -0.05) is 55.6 Å². The average Bonchev–Trinajstić information content (AvgIpc) is 2.31. The van der Waals surface area contributed by atoms with E-state index in [1.165, 1.54) is 0 Å². The first-order valence-electron chi connectivity index (χ1n) is 5.78. The van der Waals surface area contributed by atoms with Crippen LogP contribution in [0.4, 0.5) is 0 Å². The maximum atomic E-state index is 6.07. The normalized spacial score (nSPS) is 11.7. The Bertz CT molecular complexity index is 619. The molecule has 0 saturated heterocycles. The molecule has 1 aromatic heterocycles. The molecule has 0 fully saturated rings. The first-order valence-corrected chi connectivity index (χ1v) is 6.91. The molecule has 0 amide bonds. The van der Waals surface area contributed by atoms with Crippen molar-refractivity contribution in [3.05, 3.63) is 45.2 Å². The minimum Gasteiger partial charge on any atom is -0.232 e. The van der Waals surface area contributed by atoms with Gasteiger partial charge in [0.1, 0.15) is 5.15 Å². The molecule has 2 aromatic rings. The third-order valence-corrected chi connectivity index (χ3v) is 3.57. The van der Waals surface area contributed by atoms with Crippen LogP contribution in [0.15, 0.2) is 24.3 Å². The van der Waals surface area contributed by atoms with Crippen LogP contribution in [0, 0.1) is 0 Å². The summed E-state index contributed by atoms with van der Waals surface area (Å²) in [4.78, 5) is 8.79. The van der Waals surface area contributed by atoms with Crippen molar-refractivity contribution in [1.82, 2.24) is 9.97 Å². The zero-order valence-corrected chi connectivity index (χ0v) is 13.1. The summed E-state index contributed by atoms with van der Waals surface area (Å²) in [7, 11) is 0. The van der Waals surface area contributed by atoms with E-state index in [1.54, 1.807) is 18.2 Å². The van der Waals surface area contributed by atoms with Crippen LogP contribution < -0.4 is 0 Å². The van der Waals surface area contributed by atoms with Crippen molar-refractivity contribution in [2.24, 2.45) is 0 Å². The van der Waals surface area contributed by atoms with Gasteiger partial charge in [-0.25, -0.2) is 9.97 Å². The van der Waals surface area contributed by atoms with Crippen molar-refractivity contribution in [2.45, 2.75) is 26.2 Å². The Hall–Kier alpha value is -0.830. The van der Waals surface area contributed by atoms with E-state index >= 15 is 0 Å². The first-order chi connectivity index (χ1) is 8.77. The fourth-order valence-corrected chi connectivity index (χ4v) is 2.05. The summed E-state index contributed by atoms with van der Waals surface area (Å²) < 4.78 is 0. The maximum absolute atomic E-state index is 6.07. The second kappa shape index (κ2) is 5.28. The third-order valence-electron chi connectivity index (χ3n) is 2.64. The van der Waals surface area contributed by atoms with E-state index < -0.39 is 0 Å². The topological polar surface area (TPSA) is 25.8 Å². The zero-order chi connectivity index (χ0) is 14.2. The lowest BCUT2D eigenvalue weighted by atomic mass is 9.92. The van der Waals surface area contributed by atoms with Gasteiger partial charge in [0.2, 0.25) is 0 Å². The Morgan fingerprint density at radius 3 is 2.16 bits per heavy atom. The Balaban J connectivity index is 2.56. The second-order valence-corrected chi connectivity index (χ2v) is 6.48. The van der Waals surface area contributed by atoms with Crippen molar-refractivity contribution in [3.63, 3.8) is 0 Å². The maximum Gasteiger partial charge on any atom is 0.161 e. The molecular formula is C14H13Cl3N2. The SMILES string of the molecule is CC(C)(C)c1cc(Cl)nc(-c2ccc(Cl)c(Cl)c2)n1. The molecule has 100 valence electrons. The molecule has 0 unspecified atom stereocenters. The van der Waals surface area contributed by atoms with Gasteiger partial charge in [0.15, 0.2) is 5.82 Å². The van der Waals surface area contributed by atoms with E-state index in [-0.39, 0.29) is 5.41 Å². The van der Waals surface area contributed by atoms with E-state index in [9.17, 15) is 0 Å². The fourth-order valence-electron chi connectivity index (χ4n) is 1.57. The van der Waals surface area contributed by atoms with Gasteiger partial charge in [-0.05, 0) is 24.3 Å². The van der Waals surface area contributed by atoms with Crippen molar-refractivity contribution < 1.29 is 0 Å². The van der Waals surface area contributed by atoms with E-state index in [2.05, 4.69) is 30.7 Å². The summed E-state index contributed by atoms with van der Waals surface area (Å²) in [6, 6.07) is 7.07. The van der Waals surface area contributed by atoms with E-state index in [1.807, 2.05) is 6.07 Å². The van der Waals surface area contributed by atoms with Gasteiger partial charge in [-0.2, -0.15) is 0 Å². The average molecular weight is 316 g/mol. The smallest absolute Gasteiger partial charge is 0.161 e. The first kappa shape index (κ1) is 14.6. The van der Waals surface area contributed by atoms with Gasteiger partial charge < -0.3 is 0 Å². The molecule has 0 N–H and O–H groups in total. The largest absolute Gasteiger partial charge is 0.232 e. The summed E-state index contributed by atoms with van der Waals surface area (Å²) in [5.74, 6) is 0.552.